The van der Waals surface area contributed by atoms with Crippen molar-refractivity contribution in [3.63, 3.8) is 0 Å². The lowest BCUT2D eigenvalue weighted by Gasteiger charge is -2.11. The van der Waals surface area contributed by atoms with Crippen molar-refractivity contribution in [3.05, 3.63) is 158 Å². The lowest BCUT2D eigenvalue weighted by Crippen LogP contribution is -2.06. The highest BCUT2D eigenvalue weighted by atomic mass is 16.3. The Morgan fingerprint density at radius 1 is 0.373 bits per heavy atom. The molecule has 0 bridgehead atoms. The van der Waals surface area contributed by atoms with E-state index in [0.29, 0.717) is 17.6 Å². The molecule has 0 aliphatic carbocycles. The molecule has 4 heterocycles. The molecule has 0 spiro atoms. The van der Waals surface area contributed by atoms with Gasteiger partial charge in [0.2, 0.25) is 5.95 Å². The van der Waals surface area contributed by atoms with E-state index in [0.717, 1.165) is 87.9 Å². The highest BCUT2D eigenvalue weighted by Crippen LogP contribution is 2.40. The van der Waals surface area contributed by atoms with Gasteiger partial charge in [0.05, 0.1) is 11.0 Å². The molecule has 0 unspecified atom stereocenters. The summed E-state index contributed by atoms with van der Waals surface area (Å²) in [5.74, 6) is 1.76. The molecule has 6 heteroatoms. The minimum absolute atomic E-state index is 0.565. The molecule has 0 aliphatic rings. The van der Waals surface area contributed by atoms with Crippen molar-refractivity contribution in [1.29, 1.82) is 0 Å². The van der Waals surface area contributed by atoms with E-state index in [-0.39, 0.29) is 0 Å². The summed E-state index contributed by atoms with van der Waals surface area (Å²) in [7, 11) is 0. The Labute approximate surface area is 290 Å². The summed E-state index contributed by atoms with van der Waals surface area (Å²) in [5.41, 5.74) is 9.43. The first-order valence-corrected chi connectivity index (χ1v) is 16.9. The van der Waals surface area contributed by atoms with Gasteiger partial charge in [-0.1, -0.05) is 103 Å². The van der Waals surface area contributed by atoms with Crippen molar-refractivity contribution in [1.82, 2.24) is 19.5 Å². The molecule has 6 nitrogen and oxygen atoms in total. The van der Waals surface area contributed by atoms with Crippen LogP contribution in [0.1, 0.15) is 0 Å². The van der Waals surface area contributed by atoms with Gasteiger partial charge in [0.25, 0.3) is 0 Å². The van der Waals surface area contributed by atoms with E-state index in [1.807, 2.05) is 66.7 Å². The number of hydrogen-bond donors (Lipinski definition) is 0. The predicted octanol–water partition coefficient (Wildman–Crippen LogP) is 11.8. The number of furan rings is 2. The molecule has 0 fully saturated rings. The molecule has 51 heavy (non-hydrogen) atoms. The molecule has 0 saturated heterocycles. The zero-order valence-corrected chi connectivity index (χ0v) is 27.1. The summed E-state index contributed by atoms with van der Waals surface area (Å²) in [6, 6.07) is 53.9. The summed E-state index contributed by atoms with van der Waals surface area (Å²) in [6.07, 6.45) is 0. The molecule has 0 amide bonds. The van der Waals surface area contributed by atoms with Crippen molar-refractivity contribution < 1.29 is 8.83 Å². The number of aromatic nitrogens is 4. The standard InChI is InChI=1S/C45H26N4O2/c1-2-11-27(12-3-1)43-46-44(48-45(47-43)49-36-17-7-4-13-31(36)32-14-5-8-18-37(32)49)29-22-24-40-35(26-29)42-30(16-10-20-41(42)51-40)28-21-23-39-34(25-28)33-15-6-9-19-38(33)50-39/h1-26H. The van der Waals surface area contributed by atoms with Crippen LogP contribution in [-0.2, 0) is 0 Å². The van der Waals surface area contributed by atoms with Crippen LogP contribution < -0.4 is 0 Å². The van der Waals surface area contributed by atoms with Crippen LogP contribution in [0.25, 0.3) is 106 Å². The first-order chi connectivity index (χ1) is 25.3. The van der Waals surface area contributed by atoms with Gasteiger partial charge < -0.3 is 8.83 Å². The second-order valence-corrected chi connectivity index (χ2v) is 12.8. The van der Waals surface area contributed by atoms with Gasteiger partial charge in [-0.05, 0) is 65.7 Å². The number of fused-ring (bicyclic) bond motifs is 9. The molecule has 0 saturated carbocycles. The van der Waals surface area contributed by atoms with Gasteiger partial charge in [0.15, 0.2) is 11.6 Å². The monoisotopic (exact) mass is 654 g/mol. The molecular weight excluding hydrogens is 629 g/mol. The van der Waals surface area contributed by atoms with Crippen molar-refractivity contribution in [2.75, 3.05) is 0 Å². The van der Waals surface area contributed by atoms with Crippen LogP contribution in [0, 0.1) is 0 Å². The van der Waals surface area contributed by atoms with E-state index in [4.69, 9.17) is 23.8 Å². The molecule has 4 aromatic heterocycles. The second-order valence-electron chi connectivity index (χ2n) is 12.8. The molecule has 0 radical (unpaired) electrons. The van der Waals surface area contributed by atoms with E-state index in [1.54, 1.807) is 0 Å². The third-order valence-corrected chi connectivity index (χ3v) is 9.88. The van der Waals surface area contributed by atoms with Gasteiger partial charge in [-0.25, -0.2) is 4.98 Å². The fourth-order valence-corrected chi connectivity index (χ4v) is 7.55. The SMILES string of the molecule is c1ccc(-c2nc(-c3ccc4oc5cccc(-c6ccc7oc8ccccc8c7c6)c5c4c3)nc(-n3c4ccccc4c4ccccc43)n2)cc1. The number of nitrogens with zero attached hydrogens (tertiary/aromatic N) is 4. The lowest BCUT2D eigenvalue weighted by molar-refractivity contribution is 0.669. The zero-order chi connectivity index (χ0) is 33.5. The summed E-state index contributed by atoms with van der Waals surface area (Å²) >= 11 is 0. The van der Waals surface area contributed by atoms with Crippen LogP contribution in [0.3, 0.4) is 0 Å². The minimum Gasteiger partial charge on any atom is -0.456 e. The summed E-state index contributed by atoms with van der Waals surface area (Å²) in [5, 5.41) is 6.53. The fraction of sp³-hybridized carbons (Fsp3) is 0. The number of hydrogen-bond acceptors (Lipinski definition) is 5. The van der Waals surface area contributed by atoms with E-state index >= 15 is 0 Å². The first kappa shape index (κ1) is 27.9. The van der Waals surface area contributed by atoms with Crippen molar-refractivity contribution >= 4 is 65.7 Å². The van der Waals surface area contributed by atoms with Gasteiger partial charge in [-0.15, -0.1) is 0 Å². The van der Waals surface area contributed by atoms with Crippen LogP contribution in [-0.4, -0.2) is 19.5 Å². The second kappa shape index (κ2) is 10.7. The van der Waals surface area contributed by atoms with Crippen LogP contribution >= 0.6 is 0 Å². The maximum Gasteiger partial charge on any atom is 0.238 e. The molecule has 11 rings (SSSR count). The van der Waals surface area contributed by atoms with Crippen molar-refractivity contribution in [3.8, 4) is 39.9 Å². The number of para-hydroxylation sites is 3. The van der Waals surface area contributed by atoms with Gasteiger partial charge in [-0.2, -0.15) is 9.97 Å². The third kappa shape index (κ3) is 4.26. The fourth-order valence-electron chi connectivity index (χ4n) is 7.55. The van der Waals surface area contributed by atoms with Gasteiger partial charge in [-0.3, -0.25) is 4.57 Å². The van der Waals surface area contributed by atoms with Crippen LogP contribution in [0.15, 0.2) is 167 Å². The van der Waals surface area contributed by atoms with Gasteiger partial charge in [0, 0.05) is 43.4 Å². The van der Waals surface area contributed by atoms with Crippen molar-refractivity contribution in [2.45, 2.75) is 0 Å². The average Bonchev–Trinajstić information content (AvgIpc) is 3.87. The molecule has 7 aromatic carbocycles. The average molecular weight is 655 g/mol. The smallest absolute Gasteiger partial charge is 0.238 e. The summed E-state index contributed by atoms with van der Waals surface area (Å²) < 4.78 is 14.7. The predicted molar refractivity (Wildman–Crippen MR) is 205 cm³/mol. The Kier molecular flexibility index (Phi) is 5.86. The van der Waals surface area contributed by atoms with Gasteiger partial charge in [0.1, 0.15) is 22.3 Å². The summed E-state index contributed by atoms with van der Waals surface area (Å²) in [6.45, 7) is 0. The van der Waals surface area contributed by atoms with Crippen LogP contribution in [0.2, 0.25) is 0 Å². The highest BCUT2D eigenvalue weighted by Gasteiger charge is 2.20. The lowest BCUT2D eigenvalue weighted by atomic mass is 9.97. The largest absolute Gasteiger partial charge is 0.456 e. The minimum atomic E-state index is 0.565. The maximum atomic E-state index is 6.44. The van der Waals surface area contributed by atoms with Gasteiger partial charge >= 0.3 is 0 Å². The Morgan fingerprint density at radius 2 is 0.941 bits per heavy atom. The Morgan fingerprint density at radius 3 is 1.73 bits per heavy atom. The molecule has 0 N–H and O–H groups in total. The Bertz CT molecular complexity index is 3100. The topological polar surface area (TPSA) is 69.9 Å². The molecule has 11 aromatic rings. The van der Waals surface area contributed by atoms with Crippen LogP contribution in [0.4, 0.5) is 0 Å². The zero-order valence-electron chi connectivity index (χ0n) is 27.1. The van der Waals surface area contributed by atoms with E-state index < -0.39 is 0 Å². The number of rotatable bonds is 4. The number of benzene rings is 7. The molecule has 0 atom stereocenters. The van der Waals surface area contributed by atoms with E-state index in [9.17, 15) is 0 Å². The van der Waals surface area contributed by atoms with E-state index in [1.165, 1.54) is 0 Å². The summed E-state index contributed by atoms with van der Waals surface area (Å²) in [4.78, 5) is 15.3. The normalized spacial score (nSPS) is 11.9. The quantitative estimate of drug-likeness (QED) is 0.189. The Balaban J connectivity index is 1.14. The van der Waals surface area contributed by atoms with E-state index in [2.05, 4.69) is 95.6 Å². The maximum absolute atomic E-state index is 6.44. The van der Waals surface area contributed by atoms with Crippen molar-refractivity contribution in [2.24, 2.45) is 0 Å². The molecule has 238 valence electrons. The first-order valence-electron chi connectivity index (χ1n) is 16.9. The molecule has 0 aliphatic heterocycles. The van der Waals surface area contributed by atoms with Crippen LogP contribution in [0.5, 0.6) is 0 Å². The third-order valence-electron chi connectivity index (χ3n) is 9.88. The Hall–Kier alpha value is -7.05. The highest BCUT2D eigenvalue weighted by molar-refractivity contribution is 6.15. The molecular formula is C45H26N4O2.